The minimum Gasteiger partial charge on any atom is -0.458 e. The molecule has 0 aromatic heterocycles. The minimum atomic E-state index is -0.657. The van der Waals surface area contributed by atoms with Gasteiger partial charge < -0.3 is 14.6 Å². The first-order chi connectivity index (χ1) is 14.2. The smallest absolute Gasteiger partial charge is 0.334 e. The van der Waals surface area contributed by atoms with Crippen LogP contribution in [-0.4, -0.2) is 35.9 Å². The van der Waals surface area contributed by atoms with Gasteiger partial charge in [0.25, 0.3) is 0 Å². The number of esters is 2. The van der Waals surface area contributed by atoms with Crippen LogP contribution in [-0.2, 0) is 19.1 Å². The Labute approximate surface area is 179 Å². The number of aliphatic hydroxyl groups is 1. The summed E-state index contributed by atoms with van der Waals surface area (Å²) in [5, 5.41) is 10.1. The first kappa shape index (κ1) is 23.9. The topological polar surface area (TPSA) is 72.8 Å². The van der Waals surface area contributed by atoms with Crippen LogP contribution < -0.4 is 0 Å². The Balaban J connectivity index is 1.70. The second kappa shape index (κ2) is 11.7. The Hall–Kier alpha value is -2.40. The maximum absolute atomic E-state index is 11.9. The molecule has 5 nitrogen and oxygen atoms in total. The van der Waals surface area contributed by atoms with Crippen molar-refractivity contribution >= 4 is 11.9 Å². The van der Waals surface area contributed by atoms with E-state index in [0.717, 1.165) is 36.8 Å². The van der Waals surface area contributed by atoms with Gasteiger partial charge in [-0.25, -0.2) is 9.59 Å². The third kappa shape index (κ3) is 8.15. The molecule has 2 aliphatic heterocycles. The standard InChI is InChI=1S/C25H34O5/c1-17(2)13-22-14-20(25(28)30-22)10-6-9-18(3)7-5-8-19(4)11-12-23(26)21-15-24(27)29-16-21/h7,10-11,13,15,22-23,26H,5-6,8-9,12,14,16H2,1-4H3/b18-7+,19-11+,20-10+/t22-,23-/m0/s1. The monoisotopic (exact) mass is 414 g/mol. The zero-order valence-electron chi connectivity index (χ0n) is 18.6. The Morgan fingerprint density at radius 1 is 1.13 bits per heavy atom. The molecule has 0 aliphatic carbocycles. The summed E-state index contributed by atoms with van der Waals surface area (Å²) in [7, 11) is 0. The predicted octanol–water partition coefficient (Wildman–Crippen LogP) is 4.88. The molecule has 2 heterocycles. The molecule has 30 heavy (non-hydrogen) atoms. The van der Waals surface area contributed by atoms with Gasteiger partial charge in [0.1, 0.15) is 12.7 Å². The fraction of sp³-hybridized carbons (Fsp3) is 0.520. The zero-order chi connectivity index (χ0) is 22.1. The van der Waals surface area contributed by atoms with E-state index in [2.05, 4.69) is 19.9 Å². The first-order valence-corrected chi connectivity index (χ1v) is 10.7. The van der Waals surface area contributed by atoms with Crippen LogP contribution in [0.1, 0.15) is 66.2 Å². The number of carbonyl (C=O) groups excluding carboxylic acids is 2. The number of rotatable bonds is 10. The number of hydrogen-bond donors (Lipinski definition) is 1. The number of carbonyl (C=O) groups is 2. The van der Waals surface area contributed by atoms with Crippen molar-refractivity contribution in [2.24, 2.45) is 0 Å². The van der Waals surface area contributed by atoms with Gasteiger partial charge in [-0.3, -0.25) is 0 Å². The molecule has 5 heteroatoms. The van der Waals surface area contributed by atoms with Gasteiger partial charge in [0, 0.05) is 23.6 Å². The van der Waals surface area contributed by atoms with Crippen LogP contribution in [0.2, 0.25) is 0 Å². The van der Waals surface area contributed by atoms with Crippen molar-refractivity contribution in [3.05, 3.63) is 58.2 Å². The molecular formula is C25H34O5. The fourth-order valence-corrected chi connectivity index (χ4v) is 3.46. The summed E-state index contributed by atoms with van der Waals surface area (Å²) in [6, 6.07) is 0. The summed E-state index contributed by atoms with van der Waals surface area (Å²) >= 11 is 0. The molecule has 0 unspecified atom stereocenters. The van der Waals surface area contributed by atoms with Crippen molar-refractivity contribution in [3.8, 4) is 0 Å². The summed E-state index contributed by atoms with van der Waals surface area (Å²) in [5.74, 6) is -0.565. The number of hydrogen-bond acceptors (Lipinski definition) is 5. The van der Waals surface area contributed by atoms with Gasteiger partial charge in [0.2, 0.25) is 0 Å². The maximum Gasteiger partial charge on any atom is 0.334 e. The van der Waals surface area contributed by atoms with Crippen LogP contribution in [0, 0.1) is 0 Å². The average Bonchev–Trinajstić information content (AvgIpc) is 3.25. The highest BCUT2D eigenvalue weighted by Gasteiger charge is 2.26. The van der Waals surface area contributed by atoms with E-state index in [1.54, 1.807) is 0 Å². The van der Waals surface area contributed by atoms with Crippen LogP contribution >= 0.6 is 0 Å². The lowest BCUT2D eigenvalue weighted by Gasteiger charge is -2.08. The molecular weight excluding hydrogens is 380 g/mol. The Morgan fingerprint density at radius 3 is 2.50 bits per heavy atom. The molecule has 0 radical (unpaired) electrons. The van der Waals surface area contributed by atoms with E-state index in [-0.39, 0.29) is 24.6 Å². The van der Waals surface area contributed by atoms with Gasteiger partial charge in [-0.05, 0) is 65.9 Å². The average molecular weight is 415 g/mol. The molecule has 2 aliphatic rings. The normalized spacial score (nSPS) is 22.1. The summed E-state index contributed by atoms with van der Waals surface area (Å²) in [6.45, 7) is 8.38. The fourth-order valence-electron chi connectivity index (χ4n) is 3.46. The van der Waals surface area contributed by atoms with Gasteiger partial charge in [-0.15, -0.1) is 0 Å². The van der Waals surface area contributed by atoms with Gasteiger partial charge in [-0.2, -0.15) is 0 Å². The lowest BCUT2D eigenvalue weighted by atomic mass is 10.0. The molecule has 1 saturated heterocycles. The highest BCUT2D eigenvalue weighted by Crippen LogP contribution is 2.23. The first-order valence-electron chi connectivity index (χ1n) is 10.7. The molecule has 0 aromatic carbocycles. The van der Waals surface area contributed by atoms with Crippen LogP contribution in [0.3, 0.4) is 0 Å². The number of allylic oxidation sites excluding steroid dienone is 5. The highest BCUT2D eigenvalue weighted by atomic mass is 16.5. The summed E-state index contributed by atoms with van der Waals surface area (Å²) < 4.78 is 10.2. The Morgan fingerprint density at radius 2 is 1.83 bits per heavy atom. The SMILES string of the molecule is CC(C)=C[C@H]1C/C(=C\CC/C(C)=C/CC/C(C)=C/C[C@H](O)C2=CC(=O)OC2)C(=O)O1. The summed E-state index contributed by atoms with van der Waals surface area (Å²) in [5.41, 5.74) is 5.11. The molecule has 0 amide bonds. The van der Waals surface area contributed by atoms with Gasteiger partial charge in [0.15, 0.2) is 0 Å². The van der Waals surface area contributed by atoms with Crippen molar-refractivity contribution in [1.82, 2.24) is 0 Å². The summed E-state index contributed by atoms with van der Waals surface area (Å²) in [6.07, 6.45) is 13.7. The maximum atomic E-state index is 11.9. The molecule has 1 fully saturated rings. The molecule has 2 rings (SSSR count). The molecule has 0 spiro atoms. The van der Waals surface area contributed by atoms with Crippen molar-refractivity contribution in [2.45, 2.75) is 78.4 Å². The second-order valence-electron chi connectivity index (χ2n) is 8.38. The molecule has 0 saturated carbocycles. The quantitative estimate of drug-likeness (QED) is 0.313. The molecule has 0 aromatic rings. The van der Waals surface area contributed by atoms with Crippen molar-refractivity contribution in [3.63, 3.8) is 0 Å². The molecule has 2 atom stereocenters. The number of aliphatic hydroxyl groups excluding tert-OH is 1. The minimum absolute atomic E-state index is 0.114. The van der Waals surface area contributed by atoms with Gasteiger partial charge >= 0.3 is 11.9 Å². The third-order valence-electron chi connectivity index (χ3n) is 5.22. The lowest BCUT2D eigenvalue weighted by molar-refractivity contribution is -0.137. The van der Waals surface area contributed by atoms with Crippen LogP contribution in [0.4, 0.5) is 0 Å². The molecule has 0 bridgehead atoms. The van der Waals surface area contributed by atoms with Crippen LogP contribution in [0.15, 0.2) is 58.2 Å². The van der Waals surface area contributed by atoms with Crippen LogP contribution in [0.25, 0.3) is 0 Å². The predicted molar refractivity (Wildman–Crippen MR) is 118 cm³/mol. The Bertz CT molecular complexity index is 790. The third-order valence-corrected chi connectivity index (χ3v) is 5.22. The van der Waals surface area contributed by atoms with Crippen molar-refractivity contribution in [1.29, 1.82) is 0 Å². The highest BCUT2D eigenvalue weighted by molar-refractivity contribution is 5.90. The number of cyclic esters (lactones) is 2. The van der Waals surface area contributed by atoms with E-state index in [0.29, 0.717) is 18.4 Å². The largest absolute Gasteiger partial charge is 0.458 e. The molecule has 164 valence electrons. The Kier molecular flexibility index (Phi) is 9.31. The summed E-state index contributed by atoms with van der Waals surface area (Å²) in [4.78, 5) is 23.0. The second-order valence-corrected chi connectivity index (χ2v) is 8.38. The van der Waals surface area contributed by atoms with E-state index < -0.39 is 6.10 Å². The zero-order valence-corrected chi connectivity index (χ0v) is 18.6. The van der Waals surface area contributed by atoms with Crippen molar-refractivity contribution < 1.29 is 24.2 Å². The van der Waals surface area contributed by atoms with Gasteiger partial charge in [0.05, 0.1) is 6.10 Å². The van der Waals surface area contributed by atoms with E-state index in [1.165, 1.54) is 17.2 Å². The van der Waals surface area contributed by atoms with E-state index >= 15 is 0 Å². The van der Waals surface area contributed by atoms with E-state index in [4.69, 9.17) is 9.47 Å². The number of ether oxygens (including phenoxy) is 2. The molecule has 1 N–H and O–H groups in total. The van der Waals surface area contributed by atoms with Crippen LogP contribution in [0.5, 0.6) is 0 Å². The van der Waals surface area contributed by atoms with Gasteiger partial charge in [-0.1, -0.05) is 34.9 Å². The van der Waals surface area contributed by atoms with E-state index in [1.807, 2.05) is 32.1 Å². The van der Waals surface area contributed by atoms with Crippen molar-refractivity contribution in [2.75, 3.05) is 6.61 Å². The lowest BCUT2D eigenvalue weighted by Crippen LogP contribution is -2.10. The van der Waals surface area contributed by atoms with E-state index in [9.17, 15) is 14.7 Å².